The van der Waals surface area contributed by atoms with Gasteiger partial charge in [0.25, 0.3) is 0 Å². The van der Waals surface area contributed by atoms with Crippen LogP contribution in [-0.2, 0) is 14.3 Å². The van der Waals surface area contributed by atoms with Crippen LogP contribution in [0.3, 0.4) is 0 Å². The number of carbonyl (C=O) groups is 3. The highest BCUT2D eigenvalue weighted by Crippen LogP contribution is 2.44. The lowest BCUT2D eigenvalue weighted by molar-refractivity contribution is -0.150. The molecular weight excluding hydrogens is 444 g/mol. The van der Waals surface area contributed by atoms with Gasteiger partial charge in [0.05, 0.1) is 0 Å². The number of nitrogens with one attached hydrogen (secondary N) is 1. The Balaban J connectivity index is 1.51. The minimum Gasteiger partial charge on any atom is -0.480 e. The van der Waals surface area contributed by atoms with Crippen molar-refractivity contribution < 1.29 is 24.2 Å². The van der Waals surface area contributed by atoms with Crippen LogP contribution in [0.25, 0.3) is 11.1 Å². The van der Waals surface area contributed by atoms with Crippen molar-refractivity contribution in [2.45, 2.75) is 31.3 Å². The number of amides is 2. The highest BCUT2D eigenvalue weighted by Gasteiger charge is 2.33. The number of carboxylic acid groups (broad SMARTS) is 1. The zero-order valence-corrected chi connectivity index (χ0v) is 19.7. The smallest absolute Gasteiger partial charge is 0.408 e. The van der Waals surface area contributed by atoms with E-state index in [2.05, 4.69) is 17.4 Å². The molecule has 0 bridgehead atoms. The third-order valence-corrected chi connectivity index (χ3v) is 6.47. The lowest BCUT2D eigenvalue weighted by Gasteiger charge is -2.28. The summed E-state index contributed by atoms with van der Waals surface area (Å²) in [6.45, 7) is 1.80. The number of hydrogen-bond acceptors (Lipinski definition) is 4. The average Bonchev–Trinajstić information content (AvgIpc) is 3.20. The second-order valence-corrected chi connectivity index (χ2v) is 8.53. The van der Waals surface area contributed by atoms with E-state index in [0.717, 1.165) is 27.2 Å². The van der Waals surface area contributed by atoms with Crippen molar-refractivity contribution >= 4 is 18.0 Å². The molecule has 35 heavy (non-hydrogen) atoms. The van der Waals surface area contributed by atoms with Gasteiger partial charge in [-0.1, -0.05) is 85.8 Å². The first-order valence-corrected chi connectivity index (χ1v) is 11.6. The van der Waals surface area contributed by atoms with E-state index in [9.17, 15) is 19.5 Å². The highest BCUT2D eigenvalue weighted by atomic mass is 16.5. The van der Waals surface area contributed by atoms with Crippen LogP contribution in [0, 0.1) is 0 Å². The van der Waals surface area contributed by atoms with E-state index < -0.39 is 30.1 Å². The predicted molar refractivity (Wildman–Crippen MR) is 132 cm³/mol. The fraction of sp³-hybridized carbons (Fsp3) is 0.250. The number of carboxylic acids is 1. The van der Waals surface area contributed by atoms with Crippen LogP contribution in [0.15, 0.2) is 78.9 Å². The van der Waals surface area contributed by atoms with Gasteiger partial charge in [-0.2, -0.15) is 0 Å². The molecule has 1 aliphatic carbocycles. The van der Waals surface area contributed by atoms with Gasteiger partial charge in [-0.05, 0) is 34.2 Å². The first-order valence-electron chi connectivity index (χ1n) is 11.6. The molecule has 2 amide bonds. The first kappa shape index (κ1) is 24.0. The summed E-state index contributed by atoms with van der Waals surface area (Å²) in [6.07, 6.45) is -0.504. The molecule has 0 radical (unpaired) electrons. The maximum absolute atomic E-state index is 13.3. The number of fused-ring (bicyclic) bond motifs is 3. The summed E-state index contributed by atoms with van der Waals surface area (Å²) in [5.41, 5.74) is 4.96. The summed E-state index contributed by atoms with van der Waals surface area (Å²) in [6, 6.07) is 22.7. The number of aliphatic carboxylic acids is 1. The minimum atomic E-state index is -1.10. The Hall–Kier alpha value is -4.13. The van der Waals surface area contributed by atoms with Gasteiger partial charge in [0.2, 0.25) is 5.91 Å². The van der Waals surface area contributed by atoms with E-state index in [4.69, 9.17) is 4.74 Å². The van der Waals surface area contributed by atoms with Gasteiger partial charge in [0.1, 0.15) is 18.7 Å². The van der Waals surface area contributed by atoms with Crippen molar-refractivity contribution in [1.82, 2.24) is 10.2 Å². The van der Waals surface area contributed by atoms with Crippen molar-refractivity contribution in [3.8, 4) is 11.1 Å². The van der Waals surface area contributed by atoms with Crippen LogP contribution in [0.2, 0.25) is 0 Å². The molecule has 1 unspecified atom stereocenters. The lowest BCUT2D eigenvalue weighted by Crippen LogP contribution is -2.48. The van der Waals surface area contributed by atoms with Crippen molar-refractivity contribution in [2.24, 2.45) is 0 Å². The number of benzene rings is 3. The molecule has 0 saturated heterocycles. The molecule has 0 saturated carbocycles. The number of likely N-dealkylation sites (N-methyl/N-ethyl adjacent to an activating group) is 1. The second kappa shape index (κ2) is 10.4. The number of nitrogens with zero attached hydrogens (tertiary/aromatic N) is 1. The molecule has 7 heteroatoms. The normalized spacial score (nSPS) is 13.8. The zero-order valence-electron chi connectivity index (χ0n) is 19.7. The largest absolute Gasteiger partial charge is 0.480 e. The van der Waals surface area contributed by atoms with Crippen LogP contribution in [0.1, 0.15) is 42.0 Å². The summed E-state index contributed by atoms with van der Waals surface area (Å²) >= 11 is 0. The molecule has 180 valence electrons. The standard InChI is InChI=1S/C28H28N2O5/c1-3-24(27(32)33)30(2)26(31)25(18-11-5-4-6-12-18)29-28(34)35-17-23-21-15-9-7-13-19(21)20-14-8-10-16-22(20)23/h4-16,23-25H,3,17H2,1-2H3,(H,29,34)(H,32,33)/t24?,25-/m0/s1. The van der Waals surface area contributed by atoms with Crippen molar-refractivity contribution in [3.05, 3.63) is 95.6 Å². The van der Waals surface area contributed by atoms with Gasteiger partial charge in [0, 0.05) is 13.0 Å². The summed E-state index contributed by atoms with van der Waals surface area (Å²) in [4.78, 5) is 38.9. The van der Waals surface area contributed by atoms with Gasteiger partial charge in [0.15, 0.2) is 0 Å². The van der Waals surface area contributed by atoms with E-state index in [0.29, 0.717) is 5.56 Å². The topological polar surface area (TPSA) is 95.9 Å². The monoisotopic (exact) mass is 472 g/mol. The van der Waals surface area contributed by atoms with Crippen molar-refractivity contribution in [3.63, 3.8) is 0 Å². The van der Waals surface area contributed by atoms with Gasteiger partial charge in [-0.3, -0.25) is 4.79 Å². The lowest BCUT2D eigenvalue weighted by atomic mass is 9.98. The Bertz CT molecular complexity index is 1180. The van der Waals surface area contributed by atoms with Crippen molar-refractivity contribution in [1.29, 1.82) is 0 Å². The second-order valence-electron chi connectivity index (χ2n) is 8.53. The van der Waals surface area contributed by atoms with Crippen LogP contribution in [-0.4, -0.2) is 47.7 Å². The van der Waals surface area contributed by atoms with E-state index in [-0.39, 0.29) is 18.9 Å². The molecule has 0 fully saturated rings. The molecule has 4 rings (SSSR count). The van der Waals surface area contributed by atoms with Gasteiger partial charge < -0.3 is 20.1 Å². The Labute approximate surface area is 204 Å². The Morgan fingerprint density at radius 1 is 0.914 bits per heavy atom. The quantitative estimate of drug-likeness (QED) is 0.500. The van der Waals surface area contributed by atoms with Gasteiger partial charge >= 0.3 is 12.1 Å². The van der Waals surface area contributed by atoms with E-state index >= 15 is 0 Å². The molecule has 0 heterocycles. The third-order valence-electron chi connectivity index (χ3n) is 6.47. The molecule has 2 N–H and O–H groups in total. The fourth-order valence-corrected chi connectivity index (χ4v) is 4.66. The van der Waals surface area contributed by atoms with Crippen LogP contribution >= 0.6 is 0 Å². The maximum atomic E-state index is 13.3. The van der Waals surface area contributed by atoms with E-state index in [1.54, 1.807) is 37.3 Å². The number of ether oxygens (including phenoxy) is 1. The zero-order chi connectivity index (χ0) is 24.9. The summed E-state index contributed by atoms with van der Waals surface area (Å²) < 4.78 is 5.62. The molecular formula is C28H28N2O5. The molecule has 0 spiro atoms. The van der Waals surface area contributed by atoms with Gasteiger partial charge in [-0.25, -0.2) is 9.59 Å². The summed E-state index contributed by atoms with van der Waals surface area (Å²) in [5.74, 6) is -1.74. The molecule has 2 atom stereocenters. The van der Waals surface area contributed by atoms with Crippen LogP contribution in [0.4, 0.5) is 4.79 Å². The Kier molecular flexibility index (Phi) is 7.15. The van der Waals surface area contributed by atoms with E-state index in [1.807, 2.05) is 36.4 Å². The Morgan fingerprint density at radius 3 is 2.00 bits per heavy atom. The molecule has 0 aromatic heterocycles. The van der Waals surface area contributed by atoms with Crippen LogP contribution in [0.5, 0.6) is 0 Å². The number of hydrogen-bond donors (Lipinski definition) is 2. The number of carbonyl (C=O) groups excluding carboxylic acids is 2. The Morgan fingerprint density at radius 2 is 1.46 bits per heavy atom. The molecule has 3 aromatic carbocycles. The fourth-order valence-electron chi connectivity index (χ4n) is 4.66. The predicted octanol–water partition coefficient (Wildman–Crippen LogP) is 4.59. The molecule has 7 nitrogen and oxygen atoms in total. The molecule has 0 aliphatic heterocycles. The maximum Gasteiger partial charge on any atom is 0.408 e. The summed E-state index contributed by atoms with van der Waals surface area (Å²) in [7, 11) is 1.43. The third kappa shape index (κ3) is 4.89. The van der Waals surface area contributed by atoms with Crippen LogP contribution < -0.4 is 5.32 Å². The molecule has 3 aromatic rings. The summed E-state index contributed by atoms with van der Waals surface area (Å²) in [5, 5.41) is 12.1. The molecule has 1 aliphatic rings. The van der Waals surface area contributed by atoms with E-state index in [1.165, 1.54) is 7.05 Å². The van der Waals surface area contributed by atoms with Gasteiger partial charge in [-0.15, -0.1) is 0 Å². The van der Waals surface area contributed by atoms with Crippen molar-refractivity contribution in [2.75, 3.05) is 13.7 Å². The number of rotatable bonds is 8. The number of alkyl carbamates (subject to hydrolysis) is 1. The first-order chi connectivity index (χ1) is 16.9. The minimum absolute atomic E-state index is 0.109. The average molecular weight is 473 g/mol. The highest BCUT2D eigenvalue weighted by molar-refractivity contribution is 5.90. The SMILES string of the molecule is CCC(C(=O)O)N(C)C(=O)[C@@H](NC(=O)OCC1c2ccccc2-c2ccccc21)c1ccccc1.